The molecule has 1 aliphatic rings. The number of rotatable bonds is 9. The minimum absolute atomic E-state index is 0.499. The predicted molar refractivity (Wildman–Crippen MR) is 142 cm³/mol. The van der Waals surface area contributed by atoms with Crippen LogP contribution in [0.4, 0.5) is 0 Å². The van der Waals surface area contributed by atoms with Gasteiger partial charge in [-0.3, -0.25) is 15.4 Å². The Hall–Kier alpha value is -3.38. The number of H-pyrrole nitrogens is 1. The molecule has 6 heteroatoms. The summed E-state index contributed by atoms with van der Waals surface area (Å²) in [6, 6.07) is 20.4. The van der Waals surface area contributed by atoms with Crippen LogP contribution in [-0.2, 0) is 11.2 Å². The van der Waals surface area contributed by atoms with Gasteiger partial charge in [0.05, 0.1) is 17.8 Å². The number of hydrogen-bond donors (Lipinski definition) is 2. The van der Waals surface area contributed by atoms with E-state index in [1.54, 1.807) is 0 Å². The number of nitrogens with one attached hydrogen (secondary N) is 2. The lowest BCUT2D eigenvalue weighted by molar-refractivity contribution is 0.0852. The van der Waals surface area contributed by atoms with Crippen LogP contribution in [0.3, 0.4) is 0 Å². The smallest absolute Gasteiger partial charge is 0.166 e. The first-order valence-corrected chi connectivity index (χ1v) is 12.6. The fourth-order valence-electron chi connectivity index (χ4n) is 5.32. The second-order valence-electron chi connectivity index (χ2n) is 9.63. The van der Waals surface area contributed by atoms with E-state index in [0.29, 0.717) is 25.3 Å². The van der Waals surface area contributed by atoms with E-state index in [0.717, 1.165) is 58.2 Å². The van der Waals surface area contributed by atoms with Gasteiger partial charge in [0.15, 0.2) is 6.40 Å². The van der Waals surface area contributed by atoms with Crippen molar-refractivity contribution in [3.63, 3.8) is 0 Å². The molecule has 5 rings (SSSR count). The number of aromatic amines is 1. The molecule has 0 unspecified atom stereocenters. The molecule has 1 aromatic heterocycles. The van der Waals surface area contributed by atoms with Gasteiger partial charge in [-0.05, 0) is 73.4 Å². The Morgan fingerprint density at radius 3 is 2.63 bits per heavy atom. The van der Waals surface area contributed by atoms with Crippen molar-refractivity contribution in [1.29, 1.82) is 5.41 Å². The maximum atomic E-state index is 7.02. The Morgan fingerprint density at radius 1 is 1.00 bits per heavy atom. The van der Waals surface area contributed by atoms with Crippen molar-refractivity contribution < 1.29 is 9.47 Å². The highest BCUT2D eigenvalue weighted by Gasteiger charge is 2.24. The number of piperidine rings is 1. The molecule has 1 aliphatic heterocycles. The zero-order chi connectivity index (χ0) is 24.2. The fraction of sp³-hybridized carbons (Fsp3) is 0.379. The average molecular weight is 471 g/mol. The quantitative estimate of drug-likeness (QED) is 0.174. The van der Waals surface area contributed by atoms with Gasteiger partial charge in [-0.25, -0.2) is 0 Å². The van der Waals surface area contributed by atoms with Crippen molar-refractivity contribution in [3.8, 4) is 17.0 Å². The Labute approximate surface area is 206 Å². The van der Waals surface area contributed by atoms with Crippen LogP contribution in [0.15, 0.2) is 54.6 Å². The molecule has 0 amide bonds. The second-order valence-corrected chi connectivity index (χ2v) is 9.63. The van der Waals surface area contributed by atoms with Gasteiger partial charge in [-0.15, -0.1) is 0 Å². The molecule has 0 spiro atoms. The Kier molecular flexibility index (Phi) is 7.00. The predicted octanol–water partition coefficient (Wildman–Crippen LogP) is 6.19. The molecule has 0 radical (unpaired) electrons. The number of likely N-dealkylation sites (tertiary alicyclic amines) is 1. The van der Waals surface area contributed by atoms with Gasteiger partial charge < -0.3 is 9.47 Å². The first-order chi connectivity index (χ1) is 17.1. The van der Waals surface area contributed by atoms with Crippen LogP contribution in [0.1, 0.15) is 38.7 Å². The van der Waals surface area contributed by atoms with Crippen LogP contribution in [0.2, 0.25) is 0 Å². The summed E-state index contributed by atoms with van der Waals surface area (Å²) in [5, 5.41) is 18.2. The van der Waals surface area contributed by atoms with Gasteiger partial charge in [0.1, 0.15) is 12.4 Å². The van der Waals surface area contributed by atoms with Gasteiger partial charge >= 0.3 is 0 Å². The van der Waals surface area contributed by atoms with E-state index >= 15 is 0 Å². The fourth-order valence-corrected chi connectivity index (χ4v) is 5.32. The highest BCUT2D eigenvalue weighted by molar-refractivity contribution is 5.96. The Morgan fingerprint density at radius 2 is 1.80 bits per heavy atom. The van der Waals surface area contributed by atoms with Crippen LogP contribution in [0, 0.1) is 5.41 Å². The number of nitrogens with zero attached hydrogens (tertiary/aromatic N) is 2. The Bertz CT molecular complexity index is 1300. The molecule has 2 heterocycles. The molecule has 4 aromatic rings. The maximum Gasteiger partial charge on any atom is 0.166 e. The lowest BCUT2D eigenvalue weighted by atomic mass is 9.98. The number of hydrogen-bond acceptors (Lipinski definition) is 5. The van der Waals surface area contributed by atoms with E-state index in [2.05, 4.69) is 83.5 Å². The summed E-state index contributed by atoms with van der Waals surface area (Å²) < 4.78 is 11.2. The third-order valence-corrected chi connectivity index (χ3v) is 7.30. The molecular formula is C29H34N4O2. The highest BCUT2D eigenvalue weighted by Crippen LogP contribution is 2.31. The van der Waals surface area contributed by atoms with Crippen molar-refractivity contribution in [1.82, 2.24) is 15.1 Å². The number of fused-ring (bicyclic) bond motifs is 2. The van der Waals surface area contributed by atoms with Crippen molar-refractivity contribution in [2.75, 3.05) is 19.8 Å². The normalized spacial score (nSPS) is 18.7. The van der Waals surface area contributed by atoms with E-state index < -0.39 is 0 Å². The summed E-state index contributed by atoms with van der Waals surface area (Å²) in [4.78, 5) is 2.58. The molecular weight excluding hydrogens is 436 g/mol. The van der Waals surface area contributed by atoms with Crippen LogP contribution in [-0.4, -0.2) is 53.3 Å². The van der Waals surface area contributed by atoms with Gasteiger partial charge in [-0.1, -0.05) is 30.7 Å². The summed E-state index contributed by atoms with van der Waals surface area (Å²) in [5.41, 5.74) is 4.20. The van der Waals surface area contributed by atoms with Crippen molar-refractivity contribution in [3.05, 3.63) is 60.2 Å². The largest absolute Gasteiger partial charge is 0.492 e. The molecule has 35 heavy (non-hydrogen) atoms. The first kappa shape index (κ1) is 23.4. The number of aromatic nitrogens is 2. The molecule has 2 N–H and O–H groups in total. The average Bonchev–Trinajstić information content (AvgIpc) is 3.29. The second kappa shape index (κ2) is 10.5. The molecule has 3 aromatic carbocycles. The molecule has 1 saturated heterocycles. The lowest BCUT2D eigenvalue weighted by Crippen LogP contribution is -2.45. The molecule has 1 fully saturated rings. The molecule has 0 bridgehead atoms. The van der Waals surface area contributed by atoms with Gasteiger partial charge in [0, 0.05) is 36.0 Å². The SMILES string of the molecule is C[C@@H]1CCC[C@H](C)N1CCOc1ccc2cc(-c3n[nH]c4ccc(CCOC=N)cc34)ccc2c1. The number of benzene rings is 3. The zero-order valence-corrected chi connectivity index (χ0v) is 20.6. The molecule has 0 saturated carbocycles. The van der Waals surface area contributed by atoms with Crippen LogP contribution in [0.25, 0.3) is 32.9 Å². The van der Waals surface area contributed by atoms with Crippen molar-refractivity contribution in [2.45, 2.75) is 51.6 Å². The minimum atomic E-state index is 0.499. The van der Waals surface area contributed by atoms with Crippen LogP contribution >= 0.6 is 0 Å². The summed E-state index contributed by atoms with van der Waals surface area (Å²) in [5.74, 6) is 0.921. The van der Waals surface area contributed by atoms with E-state index in [9.17, 15) is 0 Å². The zero-order valence-electron chi connectivity index (χ0n) is 20.6. The van der Waals surface area contributed by atoms with Gasteiger partial charge in [0.25, 0.3) is 0 Å². The minimum Gasteiger partial charge on any atom is -0.492 e. The molecule has 2 atom stereocenters. The van der Waals surface area contributed by atoms with Gasteiger partial charge in [0.2, 0.25) is 0 Å². The number of ether oxygens (including phenoxy) is 2. The topological polar surface area (TPSA) is 74.2 Å². The van der Waals surface area contributed by atoms with E-state index in [4.69, 9.17) is 14.9 Å². The third-order valence-electron chi connectivity index (χ3n) is 7.30. The van der Waals surface area contributed by atoms with E-state index in [1.807, 2.05) is 0 Å². The third kappa shape index (κ3) is 5.17. The Balaban J connectivity index is 1.30. The van der Waals surface area contributed by atoms with Crippen LogP contribution in [0.5, 0.6) is 5.75 Å². The van der Waals surface area contributed by atoms with Crippen molar-refractivity contribution >= 4 is 28.1 Å². The maximum absolute atomic E-state index is 7.02. The van der Waals surface area contributed by atoms with E-state index in [-0.39, 0.29) is 0 Å². The van der Waals surface area contributed by atoms with Crippen LogP contribution < -0.4 is 4.74 Å². The monoisotopic (exact) mass is 470 g/mol. The summed E-state index contributed by atoms with van der Waals surface area (Å²) in [6.45, 7) is 6.85. The van der Waals surface area contributed by atoms with Crippen molar-refractivity contribution in [2.24, 2.45) is 0 Å². The summed E-state index contributed by atoms with van der Waals surface area (Å²) in [7, 11) is 0. The van der Waals surface area contributed by atoms with Gasteiger partial charge in [-0.2, -0.15) is 5.10 Å². The van der Waals surface area contributed by atoms with E-state index in [1.165, 1.54) is 24.6 Å². The molecule has 182 valence electrons. The summed E-state index contributed by atoms with van der Waals surface area (Å²) >= 11 is 0. The summed E-state index contributed by atoms with van der Waals surface area (Å²) in [6.07, 6.45) is 5.65. The molecule has 0 aliphatic carbocycles. The highest BCUT2D eigenvalue weighted by atomic mass is 16.5. The lowest BCUT2D eigenvalue weighted by Gasteiger charge is -2.38. The first-order valence-electron chi connectivity index (χ1n) is 12.6. The molecule has 6 nitrogen and oxygen atoms in total. The standard InChI is InChI=1S/C29H34N4O2/c1-20-4-3-5-21(2)33(20)13-15-35-26-10-9-23-17-25(8-7-24(23)18-26)29-27-16-22(12-14-34-19-30)6-11-28(27)31-32-29/h6-11,16-21,30H,3-5,12-15H2,1-2H3,(H,31,32)/t20-,21+.